The summed E-state index contributed by atoms with van der Waals surface area (Å²) in [5, 5.41) is 22.0. The van der Waals surface area contributed by atoms with Crippen molar-refractivity contribution < 1.29 is 4.92 Å². The Labute approximate surface area is 132 Å². The number of nitriles is 1. The first kappa shape index (κ1) is 14.4. The fourth-order valence-electron chi connectivity index (χ4n) is 2.86. The molecule has 2 aromatic carbocycles. The van der Waals surface area contributed by atoms with Gasteiger partial charge in [-0.1, -0.05) is 48.5 Å². The van der Waals surface area contributed by atoms with Crippen LogP contribution in [0.1, 0.15) is 11.6 Å². The van der Waals surface area contributed by atoms with Crippen LogP contribution in [0.15, 0.2) is 60.7 Å². The summed E-state index contributed by atoms with van der Waals surface area (Å²) in [5.74, 6) is 0. The highest BCUT2D eigenvalue weighted by Gasteiger charge is 2.58. The van der Waals surface area contributed by atoms with Crippen molar-refractivity contribution in [1.29, 1.82) is 5.26 Å². The third-order valence-corrected chi connectivity index (χ3v) is 4.65. The second-order valence-corrected chi connectivity index (χ2v) is 5.88. The number of para-hydroxylation sites is 1. The molecular weight excluding hydrogens is 298 g/mol. The van der Waals surface area contributed by atoms with Gasteiger partial charge in [0.25, 0.3) is 6.04 Å². The lowest BCUT2D eigenvalue weighted by atomic mass is 9.88. The van der Waals surface area contributed by atoms with Gasteiger partial charge < -0.3 is 4.90 Å². The van der Waals surface area contributed by atoms with E-state index < -0.39 is 11.4 Å². The van der Waals surface area contributed by atoms with Gasteiger partial charge in [-0.3, -0.25) is 10.1 Å². The Morgan fingerprint density at radius 3 is 2.23 bits per heavy atom. The number of hydrogen-bond acceptors (Lipinski definition) is 5. The van der Waals surface area contributed by atoms with E-state index in [0.717, 1.165) is 23.0 Å². The Hall–Kier alpha value is -2.52. The third kappa shape index (κ3) is 2.40. The van der Waals surface area contributed by atoms with Gasteiger partial charge in [0.15, 0.2) is 5.37 Å². The number of benzene rings is 2. The molecule has 3 atom stereocenters. The fourth-order valence-corrected chi connectivity index (χ4v) is 3.72. The first-order chi connectivity index (χ1) is 10.7. The predicted molar refractivity (Wildman–Crippen MR) is 85.9 cm³/mol. The molecule has 0 aliphatic carbocycles. The quantitative estimate of drug-likeness (QED) is 0.491. The maximum absolute atomic E-state index is 11.5. The minimum Gasteiger partial charge on any atom is -0.338 e. The highest BCUT2D eigenvalue weighted by atomic mass is 32.2. The molecule has 0 aromatic heterocycles. The van der Waals surface area contributed by atoms with E-state index >= 15 is 0 Å². The molecule has 22 heavy (non-hydrogen) atoms. The van der Waals surface area contributed by atoms with Crippen LogP contribution in [-0.4, -0.2) is 16.3 Å². The van der Waals surface area contributed by atoms with Crippen LogP contribution in [0.3, 0.4) is 0 Å². The van der Waals surface area contributed by atoms with E-state index in [2.05, 4.69) is 0 Å². The standard InChI is InChI=1S/C16H13N3O2S/c17-11-22-16-15(19(20)21)14(12-7-3-1-4-8-12)18(16)13-9-5-2-6-10-13/h1-10,14-16H/t14-,15-,16+/m1/s1. The summed E-state index contributed by atoms with van der Waals surface area (Å²) >= 11 is 0.946. The molecule has 1 fully saturated rings. The zero-order valence-electron chi connectivity index (χ0n) is 11.6. The van der Waals surface area contributed by atoms with Crippen LogP contribution in [0.4, 0.5) is 5.69 Å². The summed E-state index contributed by atoms with van der Waals surface area (Å²) in [5.41, 5.74) is 1.78. The van der Waals surface area contributed by atoms with Crippen molar-refractivity contribution in [3.05, 3.63) is 76.3 Å². The molecule has 0 spiro atoms. The molecule has 0 unspecified atom stereocenters. The Morgan fingerprint density at radius 1 is 1.09 bits per heavy atom. The van der Waals surface area contributed by atoms with Crippen LogP contribution in [0.2, 0.25) is 0 Å². The molecular formula is C16H13N3O2S. The van der Waals surface area contributed by atoms with Crippen LogP contribution >= 0.6 is 11.8 Å². The normalized spacial score (nSPS) is 23.4. The van der Waals surface area contributed by atoms with Crippen molar-refractivity contribution in [2.24, 2.45) is 0 Å². The van der Waals surface area contributed by atoms with Gasteiger partial charge in [-0.15, -0.1) is 0 Å². The van der Waals surface area contributed by atoms with Crippen LogP contribution in [0.5, 0.6) is 0 Å². The Bertz CT molecular complexity index is 702. The average molecular weight is 311 g/mol. The van der Waals surface area contributed by atoms with E-state index in [4.69, 9.17) is 5.26 Å². The summed E-state index contributed by atoms with van der Waals surface area (Å²) in [6.07, 6.45) is 0. The molecule has 2 aromatic rings. The van der Waals surface area contributed by atoms with E-state index in [9.17, 15) is 10.1 Å². The molecule has 0 bridgehead atoms. The number of thiocyanates is 1. The Balaban J connectivity index is 2.03. The molecule has 0 N–H and O–H groups in total. The second-order valence-electron chi connectivity index (χ2n) is 4.97. The third-order valence-electron chi connectivity index (χ3n) is 3.80. The van der Waals surface area contributed by atoms with Crippen LogP contribution in [-0.2, 0) is 0 Å². The van der Waals surface area contributed by atoms with E-state index in [1.165, 1.54) is 0 Å². The summed E-state index contributed by atoms with van der Waals surface area (Å²) in [7, 11) is 0. The highest BCUT2D eigenvalue weighted by Crippen LogP contribution is 2.47. The summed E-state index contributed by atoms with van der Waals surface area (Å²) < 4.78 is 0. The molecule has 1 heterocycles. The zero-order valence-corrected chi connectivity index (χ0v) is 12.4. The van der Waals surface area contributed by atoms with Crippen molar-refractivity contribution >= 4 is 17.4 Å². The number of hydrogen-bond donors (Lipinski definition) is 0. The first-order valence-corrected chi connectivity index (χ1v) is 7.68. The molecule has 1 saturated heterocycles. The van der Waals surface area contributed by atoms with E-state index in [-0.39, 0.29) is 11.0 Å². The molecule has 3 rings (SSSR count). The monoisotopic (exact) mass is 311 g/mol. The summed E-state index contributed by atoms with van der Waals surface area (Å²) in [6.45, 7) is 0. The second kappa shape index (κ2) is 6.08. The molecule has 0 amide bonds. The smallest absolute Gasteiger partial charge is 0.267 e. The minimum absolute atomic E-state index is 0.272. The topological polar surface area (TPSA) is 70.2 Å². The number of rotatable bonds is 4. The van der Waals surface area contributed by atoms with Gasteiger partial charge in [0, 0.05) is 10.6 Å². The minimum atomic E-state index is -0.799. The number of thioether (sulfide) groups is 1. The predicted octanol–water partition coefficient (Wildman–Crippen LogP) is 3.43. The summed E-state index contributed by atoms with van der Waals surface area (Å²) in [4.78, 5) is 13.2. The fraction of sp³-hybridized carbons (Fsp3) is 0.188. The van der Waals surface area contributed by atoms with Crippen LogP contribution in [0, 0.1) is 20.8 Å². The van der Waals surface area contributed by atoms with E-state index in [1.807, 2.05) is 71.0 Å². The lowest BCUT2D eigenvalue weighted by Crippen LogP contribution is -2.63. The van der Waals surface area contributed by atoms with Gasteiger partial charge in [0.1, 0.15) is 11.4 Å². The number of nitro groups is 1. The largest absolute Gasteiger partial charge is 0.338 e. The molecule has 6 heteroatoms. The maximum atomic E-state index is 11.5. The highest BCUT2D eigenvalue weighted by molar-refractivity contribution is 8.04. The van der Waals surface area contributed by atoms with Gasteiger partial charge in [0.2, 0.25) is 0 Å². The van der Waals surface area contributed by atoms with Crippen molar-refractivity contribution in [2.75, 3.05) is 4.90 Å². The molecule has 110 valence electrons. The van der Waals surface area contributed by atoms with Crippen molar-refractivity contribution in [1.82, 2.24) is 0 Å². The average Bonchev–Trinajstić information content (AvgIpc) is 2.52. The molecule has 0 radical (unpaired) electrons. The van der Waals surface area contributed by atoms with Gasteiger partial charge in [-0.2, -0.15) is 5.26 Å². The van der Waals surface area contributed by atoms with Crippen LogP contribution < -0.4 is 4.90 Å². The van der Waals surface area contributed by atoms with Gasteiger partial charge in [0.05, 0.1) is 0 Å². The lowest BCUT2D eigenvalue weighted by Gasteiger charge is -2.49. The maximum Gasteiger partial charge on any atom is 0.267 e. The zero-order chi connectivity index (χ0) is 15.5. The first-order valence-electron chi connectivity index (χ1n) is 6.80. The Morgan fingerprint density at radius 2 is 1.68 bits per heavy atom. The number of nitrogens with zero attached hydrogens (tertiary/aromatic N) is 3. The van der Waals surface area contributed by atoms with Gasteiger partial charge in [-0.05, 0) is 29.5 Å². The Kier molecular flexibility index (Phi) is 3.98. The van der Waals surface area contributed by atoms with E-state index in [1.54, 1.807) is 0 Å². The van der Waals surface area contributed by atoms with Gasteiger partial charge >= 0.3 is 0 Å². The lowest BCUT2D eigenvalue weighted by molar-refractivity contribution is -0.537. The van der Waals surface area contributed by atoms with Crippen molar-refractivity contribution in [3.63, 3.8) is 0 Å². The van der Waals surface area contributed by atoms with Crippen molar-refractivity contribution in [2.45, 2.75) is 17.5 Å². The number of anilines is 1. The molecule has 1 aliphatic rings. The van der Waals surface area contributed by atoms with E-state index in [0.29, 0.717) is 0 Å². The molecule has 0 saturated carbocycles. The van der Waals surface area contributed by atoms with Gasteiger partial charge in [-0.25, -0.2) is 0 Å². The van der Waals surface area contributed by atoms with Crippen molar-refractivity contribution in [3.8, 4) is 5.40 Å². The molecule has 1 aliphatic heterocycles. The molecule has 5 nitrogen and oxygen atoms in total. The summed E-state index contributed by atoms with van der Waals surface area (Å²) in [6, 6.07) is 17.8. The van der Waals surface area contributed by atoms with Crippen LogP contribution in [0.25, 0.3) is 0 Å². The SMILES string of the molecule is N#CS[C@H]1[C@H]([N+](=O)[O-])[C@@H](c2ccccc2)N1c1ccccc1.